The van der Waals surface area contributed by atoms with Gasteiger partial charge in [0, 0.05) is 25.7 Å². The zero-order valence-corrected chi connectivity index (χ0v) is 12.8. The Hall–Kier alpha value is -2.60. The highest BCUT2D eigenvalue weighted by Gasteiger charge is 2.17. The first-order valence-corrected chi connectivity index (χ1v) is 7.60. The molecule has 0 atom stereocenters. The van der Waals surface area contributed by atoms with Gasteiger partial charge in [-0.3, -0.25) is 15.0 Å². The molecule has 0 saturated carbocycles. The third-order valence-electron chi connectivity index (χ3n) is 4.11. The number of hydrogen-bond acceptors (Lipinski definition) is 5. The summed E-state index contributed by atoms with van der Waals surface area (Å²) in [4.78, 5) is 12.7. The van der Waals surface area contributed by atoms with E-state index < -0.39 is 4.92 Å². The van der Waals surface area contributed by atoms with Crippen LogP contribution in [0.5, 0.6) is 5.75 Å². The van der Waals surface area contributed by atoms with E-state index in [1.807, 2.05) is 0 Å². The summed E-state index contributed by atoms with van der Waals surface area (Å²) in [5, 5.41) is 10.9. The van der Waals surface area contributed by atoms with Gasteiger partial charge in [-0.05, 0) is 23.6 Å². The van der Waals surface area contributed by atoms with Crippen molar-refractivity contribution in [1.29, 1.82) is 0 Å². The average Bonchev–Trinajstić information content (AvgIpc) is 2.56. The minimum absolute atomic E-state index is 0.0847. The van der Waals surface area contributed by atoms with Gasteiger partial charge in [-0.25, -0.2) is 0 Å². The smallest absolute Gasteiger partial charge is 0.295 e. The topological polar surface area (TPSA) is 81.6 Å². The van der Waals surface area contributed by atoms with Gasteiger partial charge in [-0.1, -0.05) is 30.3 Å². The maximum Gasteiger partial charge on any atom is 0.295 e. The molecule has 0 fully saturated rings. The van der Waals surface area contributed by atoms with Crippen LogP contribution >= 0.6 is 0 Å². The molecule has 120 valence electrons. The van der Waals surface area contributed by atoms with E-state index in [9.17, 15) is 10.1 Å². The summed E-state index contributed by atoms with van der Waals surface area (Å²) >= 11 is 0. The largest absolute Gasteiger partial charge is 0.490 e. The Morgan fingerprint density at radius 1 is 1.17 bits per heavy atom. The van der Waals surface area contributed by atoms with E-state index in [4.69, 9.17) is 10.5 Å². The van der Waals surface area contributed by atoms with E-state index in [-0.39, 0.29) is 11.4 Å². The second kappa shape index (κ2) is 6.66. The van der Waals surface area contributed by atoms with Gasteiger partial charge in [0.1, 0.15) is 12.4 Å². The Morgan fingerprint density at radius 3 is 2.74 bits per heavy atom. The first kappa shape index (κ1) is 15.3. The van der Waals surface area contributed by atoms with Crippen LogP contribution in [0.15, 0.2) is 42.5 Å². The molecular weight excluding hydrogens is 294 g/mol. The number of nitro benzene ring substituents is 1. The lowest BCUT2D eigenvalue weighted by molar-refractivity contribution is -0.384. The van der Waals surface area contributed by atoms with E-state index in [0.717, 1.165) is 26.1 Å². The molecule has 1 aliphatic heterocycles. The Morgan fingerprint density at radius 2 is 1.96 bits per heavy atom. The van der Waals surface area contributed by atoms with E-state index in [2.05, 4.69) is 29.2 Å². The molecule has 2 aromatic rings. The molecule has 0 amide bonds. The number of nitrogen functional groups attached to an aromatic ring is 1. The van der Waals surface area contributed by atoms with Crippen molar-refractivity contribution in [2.75, 3.05) is 25.4 Å². The zero-order valence-electron chi connectivity index (χ0n) is 12.8. The summed E-state index contributed by atoms with van der Waals surface area (Å²) in [7, 11) is 0. The predicted molar refractivity (Wildman–Crippen MR) is 88.4 cm³/mol. The number of para-hydroxylation sites is 1. The highest BCUT2D eigenvalue weighted by atomic mass is 16.6. The lowest BCUT2D eigenvalue weighted by Crippen LogP contribution is -2.33. The standard InChI is InChI=1S/C17H19N3O3/c18-17-15(20(21)22)6-3-7-16(17)23-11-10-19-9-8-13-4-1-2-5-14(13)12-19/h1-7H,8-12,18H2. The molecular formula is C17H19N3O3. The molecule has 3 rings (SSSR count). The van der Waals surface area contributed by atoms with Gasteiger partial charge >= 0.3 is 0 Å². The molecule has 6 nitrogen and oxygen atoms in total. The zero-order chi connectivity index (χ0) is 16.2. The van der Waals surface area contributed by atoms with Gasteiger partial charge in [0.2, 0.25) is 0 Å². The summed E-state index contributed by atoms with van der Waals surface area (Å²) in [5.41, 5.74) is 8.52. The highest BCUT2D eigenvalue weighted by molar-refractivity contribution is 5.66. The Bertz CT molecular complexity index is 718. The number of fused-ring (bicyclic) bond motifs is 1. The molecule has 6 heteroatoms. The third kappa shape index (κ3) is 3.43. The first-order chi connectivity index (χ1) is 11.1. The fourth-order valence-corrected chi connectivity index (χ4v) is 2.85. The van der Waals surface area contributed by atoms with Crippen LogP contribution in [0, 0.1) is 10.1 Å². The molecule has 2 aromatic carbocycles. The molecule has 0 radical (unpaired) electrons. The second-order valence-electron chi connectivity index (χ2n) is 5.59. The van der Waals surface area contributed by atoms with Crippen molar-refractivity contribution in [3.05, 3.63) is 63.7 Å². The number of nitrogens with zero attached hydrogens (tertiary/aromatic N) is 2. The van der Waals surface area contributed by atoms with Gasteiger partial charge in [0.05, 0.1) is 4.92 Å². The van der Waals surface area contributed by atoms with E-state index in [1.54, 1.807) is 12.1 Å². The van der Waals surface area contributed by atoms with E-state index in [0.29, 0.717) is 12.4 Å². The van der Waals surface area contributed by atoms with Crippen molar-refractivity contribution < 1.29 is 9.66 Å². The number of hydrogen-bond donors (Lipinski definition) is 1. The van der Waals surface area contributed by atoms with Crippen LogP contribution in [0.25, 0.3) is 0 Å². The van der Waals surface area contributed by atoms with Gasteiger partial charge in [-0.15, -0.1) is 0 Å². The normalized spacial score (nSPS) is 14.3. The fourth-order valence-electron chi connectivity index (χ4n) is 2.85. The molecule has 0 unspecified atom stereocenters. The van der Waals surface area contributed by atoms with Crippen LogP contribution in [0.4, 0.5) is 11.4 Å². The summed E-state index contributed by atoms with van der Waals surface area (Å²) in [5.74, 6) is 0.372. The summed E-state index contributed by atoms with van der Waals surface area (Å²) in [6.45, 7) is 3.11. The quantitative estimate of drug-likeness (QED) is 0.521. The Labute approximate surface area is 134 Å². The van der Waals surface area contributed by atoms with Crippen molar-refractivity contribution in [3.8, 4) is 5.75 Å². The predicted octanol–water partition coefficient (Wildman–Crippen LogP) is 2.61. The maximum absolute atomic E-state index is 10.9. The van der Waals surface area contributed by atoms with Crippen LogP contribution in [0.3, 0.4) is 0 Å². The Kier molecular flexibility index (Phi) is 4.43. The van der Waals surface area contributed by atoms with Gasteiger partial charge in [-0.2, -0.15) is 0 Å². The monoisotopic (exact) mass is 313 g/mol. The van der Waals surface area contributed by atoms with Gasteiger partial charge in [0.15, 0.2) is 5.69 Å². The molecule has 0 aromatic heterocycles. The molecule has 0 saturated heterocycles. The second-order valence-corrected chi connectivity index (χ2v) is 5.59. The number of benzene rings is 2. The van der Waals surface area contributed by atoms with Crippen LogP contribution in [-0.2, 0) is 13.0 Å². The van der Waals surface area contributed by atoms with Crippen molar-refractivity contribution in [2.45, 2.75) is 13.0 Å². The van der Waals surface area contributed by atoms with Crippen molar-refractivity contribution in [1.82, 2.24) is 4.90 Å². The van der Waals surface area contributed by atoms with Crippen LogP contribution in [-0.4, -0.2) is 29.5 Å². The number of ether oxygens (including phenoxy) is 1. The minimum atomic E-state index is -0.496. The third-order valence-corrected chi connectivity index (χ3v) is 4.11. The van der Waals surface area contributed by atoms with Crippen molar-refractivity contribution >= 4 is 11.4 Å². The van der Waals surface area contributed by atoms with Crippen LogP contribution in [0.2, 0.25) is 0 Å². The van der Waals surface area contributed by atoms with Crippen LogP contribution < -0.4 is 10.5 Å². The molecule has 1 heterocycles. The minimum Gasteiger partial charge on any atom is -0.490 e. The summed E-state index contributed by atoms with van der Waals surface area (Å²) < 4.78 is 5.65. The SMILES string of the molecule is Nc1c(OCCN2CCc3ccccc3C2)cccc1[N+](=O)[O-]. The summed E-state index contributed by atoms with van der Waals surface area (Å²) in [6, 6.07) is 13.1. The summed E-state index contributed by atoms with van der Waals surface area (Å²) in [6.07, 6.45) is 1.04. The number of anilines is 1. The lowest BCUT2D eigenvalue weighted by atomic mass is 10.0. The van der Waals surface area contributed by atoms with Crippen molar-refractivity contribution in [3.63, 3.8) is 0 Å². The lowest BCUT2D eigenvalue weighted by Gasteiger charge is -2.28. The van der Waals surface area contributed by atoms with E-state index in [1.165, 1.54) is 17.2 Å². The maximum atomic E-state index is 10.9. The highest BCUT2D eigenvalue weighted by Crippen LogP contribution is 2.30. The molecule has 1 aliphatic rings. The van der Waals surface area contributed by atoms with Crippen molar-refractivity contribution in [2.24, 2.45) is 0 Å². The number of nitrogens with two attached hydrogens (primary N) is 1. The molecule has 0 aliphatic carbocycles. The molecule has 0 bridgehead atoms. The molecule has 2 N–H and O–H groups in total. The van der Waals surface area contributed by atoms with E-state index >= 15 is 0 Å². The van der Waals surface area contributed by atoms with Crippen LogP contribution in [0.1, 0.15) is 11.1 Å². The van der Waals surface area contributed by atoms with Gasteiger partial charge in [0.25, 0.3) is 5.69 Å². The number of nitro groups is 1. The fraction of sp³-hybridized carbons (Fsp3) is 0.294. The molecule has 23 heavy (non-hydrogen) atoms. The van der Waals surface area contributed by atoms with Gasteiger partial charge < -0.3 is 10.5 Å². The number of rotatable bonds is 5. The average molecular weight is 313 g/mol. The Balaban J connectivity index is 1.57. The first-order valence-electron chi connectivity index (χ1n) is 7.60. The molecule has 0 spiro atoms.